The van der Waals surface area contributed by atoms with Crippen molar-refractivity contribution in [3.63, 3.8) is 0 Å². The van der Waals surface area contributed by atoms with Gasteiger partial charge in [0.05, 0.1) is 11.1 Å². The van der Waals surface area contributed by atoms with E-state index < -0.39 is 8.32 Å². The molecule has 0 aliphatic carbocycles. The Hall–Kier alpha value is -2.33. The molecule has 29 heavy (non-hydrogen) atoms. The normalized spacial score (nSPS) is 12.3. The van der Waals surface area contributed by atoms with E-state index in [9.17, 15) is 4.79 Å². The largest absolute Gasteiger partial charge is 0.542 e. The second-order valence-electron chi connectivity index (χ2n) is 9.27. The van der Waals surface area contributed by atoms with Gasteiger partial charge >= 0.3 is 0 Å². The Labute approximate surface area is 175 Å². The number of fused-ring (bicyclic) bond motifs is 1. The molecule has 0 radical (unpaired) electrons. The van der Waals surface area contributed by atoms with Crippen molar-refractivity contribution in [3.8, 4) is 5.75 Å². The molecule has 0 bridgehead atoms. The third-order valence-corrected chi connectivity index (χ3v) is 10.4. The summed E-state index contributed by atoms with van der Waals surface area (Å²) in [5, 5.41) is 0.0483. The molecule has 3 nitrogen and oxygen atoms in total. The number of aromatic nitrogens is 1. The van der Waals surface area contributed by atoms with Crippen LogP contribution in [-0.4, -0.2) is 18.5 Å². The molecule has 1 aromatic carbocycles. The van der Waals surface area contributed by atoms with Gasteiger partial charge in [0.15, 0.2) is 5.78 Å². The van der Waals surface area contributed by atoms with Gasteiger partial charge in [0.1, 0.15) is 5.75 Å². The van der Waals surface area contributed by atoms with Gasteiger partial charge in [-0.3, -0.25) is 4.79 Å². The standard InChI is InChI=1S/C25H33NO2Si/c1-7-8-16-20-22(23(27)19-14-10-9-11-15-19)24(21-17-12-13-18-26(20)21)28-29(5,6)25(2,3)4/h9-15,17-18H,7-8,16H2,1-6H3. The summed E-state index contributed by atoms with van der Waals surface area (Å²) < 4.78 is 8.97. The molecule has 3 aromatic rings. The molecule has 0 fully saturated rings. The summed E-state index contributed by atoms with van der Waals surface area (Å²) in [5.41, 5.74) is 3.50. The molecule has 2 aromatic heterocycles. The Bertz CT molecular complexity index is 997. The molecule has 0 aliphatic heterocycles. The number of pyridine rings is 1. The number of rotatable bonds is 7. The van der Waals surface area contributed by atoms with Crippen molar-refractivity contribution in [1.29, 1.82) is 0 Å². The summed E-state index contributed by atoms with van der Waals surface area (Å²) in [6.45, 7) is 13.3. The Morgan fingerprint density at radius 3 is 2.31 bits per heavy atom. The fraction of sp³-hybridized carbons (Fsp3) is 0.400. The Kier molecular flexibility index (Phi) is 6.04. The molecule has 0 unspecified atom stereocenters. The first kappa shape index (κ1) is 21.4. The molecule has 0 amide bonds. The predicted octanol–water partition coefficient (Wildman–Crippen LogP) is 6.90. The zero-order valence-corrected chi connectivity index (χ0v) is 19.6. The minimum atomic E-state index is -2.12. The van der Waals surface area contributed by atoms with Crippen LogP contribution in [0.4, 0.5) is 0 Å². The zero-order chi connectivity index (χ0) is 21.2. The molecule has 0 aliphatic rings. The van der Waals surface area contributed by atoms with E-state index in [1.54, 1.807) is 0 Å². The van der Waals surface area contributed by atoms with Crippen molar-refractivity contribution < 1.29 is 9.22 Å². The number of unbranched alkanes of at least 4 members (excludes halogenated alkanes) is 1. The topological polar surface area (TPSA) is 30.7 Å². The van der Waals surface area contributed by atoms with Crippen LogP contribution in [0.25, 0.3) is 5.52 Å². The molecule has 4 heteroatoms. The first-order chi connectivity index (χ1) is 13.7. The number of carbonyl (C=O) groups excluding carboxylic acids is 1. The quantitative estimate of drug-likeness (QED) is 0.315. The highest BCUT2D eigenvalue weighted by molar-refractivity contribution is 6.74. The lowest BCUT2D eigenvalue weighted by molar-refractivity contribution is 0.103. The van der Waals surface area contributed by atoms with E-state index in [4.69, 9.17) is 4.43 Å². The second-order valence-corrected chi connectivity index (χ2v) is 14.0. The fourth-order valence-corrected chi connectivity index (χ4v) is 4.34. The molecule has 154 valence electrons. The Morgan fingerprint density at radius 1 is 1.03 bits per heavy atom. The molecule has 0 saturated carbocycles. The number of ketones is 1. The van der Waals surface area contributed by atoms with Gasteiger partial charge in [0, 0.05) is 17.5 Å². The summed E-state index contributed by atoms with van der Waals surface area (Å²) in [4.78, 5) is 13.7. The minimum absolute atomic E-state index is 0.0483. The van der Waals surface area contributed by atoms with Crippen molar-refractivity contribution in [2.24, 2.45) is 0 Å². The molecule has 0 N–H and O–H groups in total. The van der Waals surface area contributed by atoms with Crippen LogP contribution >= 0.6 is 0 Å². The van der Waals surface area contributed by atoms with Crippen LogP contribution in [0.3, 0.4) is 0 Å². The molecule has 2 heterocycles. The van der Waals surface area contributed by atoms with Gasteiger partial charge in [-0.25, -0.2) is 0 Å². The van der Waals surface area contributed by atoms with Crippen molar-refractivity contribution in [2.45, 2.75) is 65.1 Å². The van der Waals surface area contributed by atoms with Gasteiger partial charge < -0.3 is 8.83 Å². The summed E-state index contributed by atoms with van der Waals surface area (Å²) in [7, 11) is -2.12. The smallest absolute Gasteiger partial charge is 0.250 e. The maximum absolute atomic E-state index is 13.7. The second kappa shape index (κ2) is 8.19. The highest BCUT2D eigenvalue weighted by Crippen LogP contribution is 2.42. The monoisotopic (exact) mass is 407 g/mol. The third kappa shape index (κ3) is 4.18. The van der Waals surface area contributed by atoms with Crippen molar-refractivity contribution >= 4 is 19.6 Å². The van der Waals surface area contributed by atoms with E-state index in [0.717, 1.165) is 41.8 Å². The average Bonchev–Trinajstić information content (AvgIpc) is 2.98. The first-order valence-electron chi connectivity index (χ1n) is 10.6. The molecule has 0 saturated heterocycles. The number of aryl methyl sites for hydroxylation is 1. The van der Waals surface area contributed by atoms with Gasteiger partial charge in [0.25, 0.3) is 8.32 Å². The van der Waals surface area contributed by atoms with Crippen LogP contribution in [0.1, 0.15) is 62.2 Å². The van der Waals surface area contributed by atoms with E-state index in [-0.39, 0.29) is 10.8 Å². The van der Waals surface area contributed by atoms with Crippen LogP contribution in [0.15, 0.2) is 54.7 Å². The van der Waals surface area contributed by atoms with E-state index in [0.29, 0.717) is 5.56 Å². The van der Waals surface area contributed by atoms with Crippen molar-refractivity contribution in [1.82, 2.24) is 4.40 Å². The number of hydrogen-bond acceptors (Lipinski definition) is 2. The lowest BCUT2D eigenvalue weighted by atomic mass is 10.0. The lowest BCUT2D eigenvalue weighted by Crippen LogP contribution is -2.44. The van der Waals surface area contributed by atoms with Crippen LogP contribution in [-0.2, 0) is 6.42 Å². The van der Waals surface area contributed by atoms with Gasteiger partial charge in [-0.15, -0.1) is 0 Å². The van der Waals surface area contributed by atoms with Crippen LogP contribution in [0.2, 0.25) is 18.1 Å². The van der Waals surface area contributed by atoms with Gasteiger partial charge in [0.2, 0.25) is 0 Å². The van der Waals surface area contributed by atoms with Crippen LogP contribution in [0.5, 0.6) is 5.75 Å². The SMILES string of the molecule is CCCCc1c(C(=O)c2ccccc2)c(O[Si](C)(C)C(C)(C)C)c2ccccn12. The summed E-state index contributed by atoms with van der Waals surface area (Å²) in [6, 6.07) is 15.7. The summed E-state index contributed by atoms with van der Waals surface area (Å²) >= 11 is 0. The van der Waals surface area contributed by atoms with E-state index in [1.165, 1.54) is 0 Å². The minimum Gasteiger partial charge on any atom is -0.542 e. The highest BCUT2D eigenvalue weighted by Gasteiger charge is 2.41. The number of hydrogen-bond donors (Lipinski definition) is 0. The number of nitrogens with zero attached hydrogens (tertiary/aromatic N) is 1. The zero-order valence-electron chi connectivity index (χ0n) is 18.6. The van der Waals surface area contributed by atoms with Crippen molar-refractivity contribution in [3.05, 3.63) is 71.5 Å². The Balaban J connectivity index is 2.26. The maximum atomic E-state index is 13.7. The summed E-state index contributed by atoms with van der Waals surface area (Å²) in [5.74, 6) is 0.811. The molecule has 0 spiro atoms. The molecular weight excluding hydrogens is 374 g/mol. The van der Waals surface area contributed by atoms with Crippen molar-refractivity contribution in [2.75, 3.05) is 0 Å². The van der Waals surface area contributed by atoms with E-state index in [2.05, 4.69) is 57.5 Å². The first-order valence-corrected chi connectivity index (χ1v) is 13.5. The number of carbonyl (C=O) groups is 1. The molecule has 3 rings (SSSR count). The third-order valence-electron chi connectivity index (χ3n) is 6.09. The fourth-order valence-electron chi connectivity index (χ4n) is 3.31. The summed E-state index contributed by atoms with van der Waals surface area (Å²) in [6.07, 6.45) is 5.03. The Morgan fingerprint density at radius 2 is 1.69 bits per heavy atom. The predicted molar refractivity (Wildman–Crippen MR) is 124 cm³/mol. The van der Waals surface area contributed by atoms with Gasteiger partial charge in [-0.05, 0) is 43.1 Å². The van der Waals surface area contributed by atoms with Gasteiger partial charge in [-0.1, -0.05) is 70.5 Å². The molecule has 0 atom stereocenters. The molecular formula is C25H33NO2Si. The van der Waals surface area contributed by atoms with Crippen LogP contribution in [0, 0.1) is 0 Å². The van der Waals surface area contributed by atoms with E-state index in [1.807, 2.05) is 42.5 Å². The van der Waals surface area contributed by atoms with E-state index >= 15 is 0 Å². The van der Waals surface area contributed by atoms with Gasteiger partial charge in [-0.2, -0.15) is 0 Å². The lowest BCUT2D eigenvalue weighted by Gasteiger charge is -2.36. The highest BCUT2D eigenvalue weighted by atomic mass is 28.4. The average molecular weight is 408 g/mol. The number of benzene rings is 1. The van der Waals surface area contributed by atoms with Crippen LogP contribution < -0.4 is 4.43 Å². The maximum Gasteiger partial charge on any atom is 0.250 e.